The Balaban J connectivity index is 2.22. The molecule has 0 saturated carbocycles. The summed E-state index contributed by atoms with van der Waals surface area (Å²) in [5.74, 6) is 0.153. The van der Waals surface area contributed by atoms with Gasteiger partial charge in [-0.2, -0.15) is 8.78 Å². The highest BCUT2D eigenvalue weighted by molar-refractivity contribution is 7.10. The van der Waals surface area contributed by atoms with Crippen LogP contribution in [0.1, 0.15) is 29.8 Å². The van der Waals surface area contributed by atoms with Crippen molar-refractivity contribution >= 4 is 22.9 Å². The van der Waals surface area contributed by atoms with E-state index in [1.807, 2.05) is 11.4 Å². The molecule has 0 aliphatic carbocycles. The van der Waals surface area contributed by atoms with Crippen LogP contribution in [-0.4, -0.2) is 13.2 Å². The van der Waals surface area contributed by atoms with Gasteiger partial charge in [0.15, 0.2) is 0 Å². The molecule has 2 nitrogen and oxygen atoms in total. The van der Waals surface area contributed by atoms with Gasteiger partial charge in [0, 0.05) is 4.88 Å². The summed E-state index contributed by atoms with van der Waals surface area (Å²) in [4.78, 5) is 1.02. The number of benzene rings is 1. The average Bonchev–Trinajstić information content (AvgIpc) is 2.87. The minimum absolute atomic E-state index is 0.0435. The van der Waals surface area contributed by atoms with E-state index in [1.165, 1.54) is 0 Å². The van der Waals surface area contributed by atoms with Crippen molar-refractivity contribution in [2.45, 2.75) is 26.0 Å². The Labute approximate surface area is 131 Å². The second kappa shape index (κ2) is 7.73. The van der Waals surface area contributed by atoms with E-state index in [4.69, 9.17) is 11.6 Å². The minimum Gasteiger partial charge on any atom is -0.435 e. The number of nitrogens with one attached hydrogen (secondary N) is 1. The molecule has 2 rings (SSSR count). The Morgan fingerprint density at radius 2 is 1.95 bits per heavy atom. The van der Waals surface area contributed by atoms with E-state index in [-0.39, 0.29) is 11.8 Å². The molecule has 0 bridgehead atoms. The summed E-state index contributed by atoms with van der Waals surface area (Å²) in [6.07, 6.45) is 0.992. The number of halogens is 3. The third-order valence-corrected chi connectivity index (χ3v) is 4.37. The summed E-state index contributed by atoms with van der Waals surface area (Å²) in [5.41, 5.74) is 0.967. The number of hydrogen-bond acceptors (Lipinski definition) is 3. The highest BCUT2D eigenvalue weighted by atomic mass is 35.5. The van der Waals surface area contributed by atoms with Crippen LogP contribution < -0.4 is 10.1 Å². The Hall–Kier alpha value is -1.17. The molecule has 1 unspecified atom stereocenters. The molecule has 21 heavy (non-hydrogen) atoms. The zero-order chi connectivity index (χ0) is 15.2. The second-order valence-electron chi connectivity index (χ2n) is 4.47. The molecule has 0 saturated heterocycles. The summed E-state index contributed by atoms with van der Waals surface area (Å²) in [5, 5.41) is 6.07. The molecule has 0 spiro atoms. The van der Waals surface area contributed by atoms with E-state index in [0.717, 1.165) is 23.4 Å². The van der Waals surface area contributed by atoms with Gasteiger partial charge in [-0.15, -0.1) is 11.3 Å². The molecule has 0 radical (unpaired) electrons. The topological polar surface area (TPSA) is 21.3 Å². The van der Waals surface area contributed by atoms with Gasteiger partial charge in [-0.1, -0.05) is 30.7 Å². The van der Waals surface area contributed by atoms with Gasteiger partial charge >= 0.3 is 6.61 Å². The molecule has 1 N–H and O–H groups in total. The lowest BCUT2D eigenvalue weighted by molar-refractivity contribution is -0.0498. The molecule has 0 fully saturated rings. The van der Waals surface area contributed by atoms with Crippen molar-refractivity contribution in [3.05, 3.63) is 51.2 Å². The standard InChI is InChI=1S/C15H16ClF2NOS/c1-2-8-19-13(14-12(16)7-9-21-14)10-3-5-11(6-4-10)20-15(17)18/h3-7,9,13,15,19H,2,8H2,1H3. The maximum Gasteiger partial charge on any atom is 0.387 e. The highest BCUT2D eigenvalue weighted by Crippen LogP contribution is 2.33. The van der Waals surface area contributed by atoms with Crippen LogP contribution in [0.25, 0.3) is 0 Å². The smallest absolute Gasteiger partial charge is 0.387 e. The lowest BCUT2D eigenvalue weighted by atomic mass is 10.0. The van der Waals surface area contributed by atoms with E-state index in [0.29, 0.717) is 5.02 Å². The SMILES string of the molecule is CCCNC(c1ccc(OC(F)F)cc1)c1sccc1Cl. The monoisotopic (exact) mass is 331 g/mol. The van der Waals surface area contributed by atoms with Crippen LogP contribution >= 0.6 is 22.9 Å². The molecule has 1 heterocycles. The molecule has 1 atom stereocenters. The van der Waals surface area contributed by atoms with Gasteiger partial charge in [-0.3, -0.25) is 0 Å². The van der Waals surface area contributed by atoms with E-state index >= 15 is 0 Å². The molecule has 0 aliphatic rings. The fraction of sp³-hybridized carbons (Fsp3) is 0.333. The molecule has 6 heteroatoms. The Bertz CT molecular complexity index is 559. The van der Waals surface area contributed by atoms with Gasteiger partial charge in [0.1, 0.15) is 5.75 Å². The van der Waals surface area contributed by atoms with E-state index in [2.05, 4.69) is 17.0 Å². The Morgan fingerprint density at radius 3 is 2.48 bits per heavy atom. The van der Waals surface area contributed by atoms with Crippen LogP contribution in [0.5, 0.6) is 5.75 Å². The molecule has 114 valence electrons. The number of rotatable bonds is 7. The Morgan fingerprint density at radius 1 is 1.24 bits per heavy atom. The van der Waals surface area contributed by atoms with Crippen molar-refractivity contribution in [1.29, 1.82) is 0 Å². The summed E-state index contributed by atoms with van der Waals surface area (Å²) < 4.78 is 28.7. The summed E-state index contributed by atoms with van der Waals surface area (Å²) in [6, 6.07) is 8.46. The first-order valence-corrected chi connectivity index (χ1v) is 7.88. The van der Waals surface area contributed by atoms with Gasteiger partial charge in [-0.25, -0.2) is 0 Å². The molecule has 0 amide bonds. The summed E-state index contributed by atoms with van der Waals surface area (Å²) >= 11 is 7.78. The van der Waals surface area contributed by atoms with Crippen LogP contribution in [0.2, 0.25) is 5.02 Å². The van der Waals surface area contributed by atoms with Gasteiger partial charge in [0.2, 0.25) is 0 Å². The lowest BCUT2D eigenvalue weighted by Gasteiger charge is -2.19. The van der Waals surface area contributed by atoms with Crippen LogP contribution in [-0.2, 0) is 0 Å². The predicted octanol–water partition coefficient (Wildman–Crippen LogP) is 5.09. The highest BCUT2D eigenvalue weighted by Gasteiger charge is 2.18. The van der Waals surface area contributed by atoms with Crippen LogP contribution in [0.3, 0.4) is 0 Å². The third kappa shape index (κ3) is 4.40. The fourth-order valence-electron chi connectivity index (χ4n) is 2.00. The molecular formula is C15H16ClF2NOS. The van der Waals surface area contributed by atoms with Gasteiger partial charge < -0.3 is 10.1 Å². The van der Waals surface area contributed by atoms with Gasteiger partial charge in [0.05, 0.1) is 11.1 Å². The van der Waals surface area contributed by atoms with Crippen molar-refractivity contribution in [1.82, 2.24) is 5.32 Å². The minimum atomic E-state index is -2.81. The number of thiophene rings is 1. The van der Waals surface area contributed by atoms with Crippen molar-refractivity contribution in [3.8, 4) is 5.75 Å². The molecule has 1 aromatic carbocycles. The maximum absolute atomic E-state index is 12.2. The van der Waals surface area contributed by atoms with Crippen molar-refractivity contribution in [2.24, 2.45) is 0 Å². The van der Waals surface area contributed by atoms with Crippen molar-refractivity contribution in [3.63, 3.8) is 0 Å². The number of ether oxygens (including phenoxy) is 1. The molecule has 1 aromatic heterocycles. The maximum atomic E-state index is 12.2. The van der Waals surface area contributed by atoms with Crippen LogP contribution in [0.4, 0.5) is 8.78 Å². The summed E-state index contributed by atoms with van der Waals surface area (Å²) in [7, 11) is 0. The van der Waals surface area contributed by atoms with E-state index < -0.39 is 6.61 Å². The first-order valence-electron chi connectivity index (χ1n) is 6.63. The largest absolute Gasteiger partial charge is 0.435 e. The van der Waals surface area contributed by atoms with Gasteiger partial charge in [0.25, 0.3) is 0 Å². The first-order chi connectivity index (χ1) is 10.1. The second-order valence-corrected chi connectivity index (χ2v) is 5.82. The van der Waals surface area contributed by atoms with Crippen molar-refractivity contribution < 1.29 is 13.5 Å². The van der Waals surface area contributed by atoms with Crippen LogP contribution in [0, 0.1) is 0 Å². The lowest BCUT2D eigenvalue weighted by Crippen LogP contribution is -2.22. The average molecular weight is 332 g/mol. The Kier molecular flexibility index (Phi) is 5.96. The number of hydrogen-bond donors (Lipinski definition) is 1. The molecule has 2 aromatic rings. The zero-order valence-electron chi connectivity index (χ0n) is 11.5. The van der Waals surface area contributed by atoms with E-state index in [9.17, 15) is 8.78 Å². The van der Waals surface area contributed by atoms with Crippen LogP contribution in [0.15, 0.2) is 35.7 Å². The quantitative estimate of drug-likeness (QED) is 0.762. The molecular weight excluding hydrogens is 316 g/mol. The normalized spacial score (nSPS) is 12.6. The zero-order valence-corrected chi connectivity index (χ0v) is 13.1. The predicted molar refractivity (Wildman–Crippen MR) is 82.5 cm³/mol. The molecule has 0 aliphatic heterocycles. The van der Waals surface area contributed by atoms with Gasteiger partial charge in [-0.05, 0) is 42.1 Å². The first kappa shape index (κ1) is 16.2. The van der Waals surface area contributed by atoms with E-state index in [1.54, 1.807) is 35.6 Å². The summed E-state index contributed by atoms with van der Waals surface area (Å²) in [6.45, 7) is 0.116. The number of alkyl halides is 2. The fourth-order valence-corrected chi connectivity index (χ4v) is 3.27. The third-order valence-electron chi connectivity index (χ3n) is 2.94. The van der Waals surface area contributed by atoms with Crippen molar-refractivity contribution in [2.75, 3.05) is 6.54 Å².